The number of carbonyl (C=O) groups is 1. The third-order valence-corrected chi connectivity index (χ3v) is 1.88. The summed E-state index contributed by atoms with van der Waals surface area (Å²) in [6, 6.07) is 5.52. The Morgan fingerprint density at radius 3 is 2.88 bits per heavy atom. The molecule has 2 N–H and O–H groups in total. The number of hydrogen-bond donors (Lipinski definition) is 2. The zero-order chi connectivity index (χ0) is 12.0. The molecule has 0 saturated carbocycles. The topological polar surface area (TPSA) is 58.6 Å². The van der Waals surface area contributed by atoms with Crippen molar-refractivity contribution in [3.05, 3.63) is 30.1 Å². The minimum Gasteiger partial charge on any atom is -0.481 e. The molecule has 1 aromatic rings. The van der Waals surface area contributed by atoms with E-state index in [1.54, 1.807) is 13.0 Å². The Hall–Kier alpha value is -1.62. The molecule has 0 aliphatic carbocycles. The quantitative estimate of drug-likeness (QED) is 0.778. The third kappa shape index (κ3) is 3.86. The van der Waals surface area contributed by atoms with Crippen LogP contribution in [0.15, 0.2) is 24.3 Å². The van der Waals surface area contributed by atoms with Gasteiger partial charge >= 0.3 is 0 Å². The number of halogens is 1. The number of aliphatic hydroxyl groups excluding tert-OH is 1. The van der Waals surface area contributed by atoms with Crippen LogP contribution in [0.1, 0.15) is 6.92 Å². The lowest BCUT2D eigenvalue weighted by molar-refractivity contribution is -0.124. The first-order valence-corrected chi connectivity index (χ1v) is 4.91. The van der Waals surface area contributed by atoms with Gasteiger partial charge in [-0.15, -0.1) is 0 Å². The summed E-state index contributed by atoms with van der Waals surface area (Å²) in [7, 11) is 0. The minimum absolute atomic E-state index is 0.0364. The predicted octanol–water partition coefficient (Wildman–Crippen LogP) is 0.701. The lowest BCUT2D eigenvalue weighted by Crippen LogP contribution is -2.38. The van der Waals surface area contributed by atoms with Crippen molar-refractivity contribution in [3.63, 3.8) is 0 Å². The maximum Gasteiger partial charge on any atom is 0.258 e. The molecule has 88 valence electrons. The molecule has 1 rings (SSSR count). The van der Waals surface area contributed by atoms with Crippen molar-refractivity contribution in [1.29, 1.82) is 0 Å². The summed E-state index contributed by atoms with van der Waals surface area (Å²) in [5.74, 6) is -0.871. The lowest BCUT2D eigenvalue weighted by Gasteiger charge is -2.11. The van der Waals surface area contributed by atoms with Crippen molar-refractivity contribution in [2.75, 3.05) is 13.2 Å². The predicted molar refractivity (Wildman–Crippen MR) is 56.6 cm³/mol. The van der Waals surface area contributed by atoms with Crippen LogP contribution in [0.2, 0.25) is 0 Å². The summed E-state index contributed by atoms with van der Waals surface area (Å²) in [5.41, 5.74) is 0. The van der Waals surface area contributed by atoms with E-state index in [9.17, 15) is 9.18 Å². The van der Waals surface area contributed by atoms with Gasteiger partial charge in [0.05, 0.1) is 6.61 Å². The van der Waals surface area contributed by atoms with Gasteiger partial charge in [-0.2, -0.15) is 0 Å². The van der Waals surface area contributed by atoms with Gasteiger partial charge in [-0.1, -0.05) is 12.1 Å². The Morgan fingerprint density at radius 2 is 2.25 bits per heavy atom. The molecular weight excluding hydrogens is 213 g/mol. The maximum absolute atomic E-state index is 13.1. The van der Waals surface area contributed by atoms with Crippen molar-refractivity contribution in [3.8, 4) is 5.75 Å². The van der Waals surface area contributed by atoms with E-state index in [2.05, 4.69) is 5.32 Å². The first-order valence-electron chi connectivity index (χ1n) is 4.91. The number of carbonyl (C=O) groups excluding carboxylic acids is 1. The molecule has 1 atom stereocenters. The highest BCUT2D eigenvalue weighted by Gasteiger charge is 2.08. The van der Waals surface area contributed by atoms with Crippen LogP contribution in [-0.4, -0.2) is 30.3 Å². The number of hydrogen-bond acceptors (Lipinski definition) is 3. The van der Waals surface area contributed by atoms with Crippen LogP contribution < -0.4 is 10.1 Å². The van der Waals surface area contributed by atoms with Crippen LogP contribution in [-0.2, 0) is 4.79 Å². The van der Waals surface area contributed by atoms with Gasteiger partial charge in [-0.25, -0.2) is 4.39 Å². The summed E-state index contributed by atoms with van der Waals surface area (Å²) in [6.07, 6.45) is 0. The average Bonchev–Trinajstić information content (AvgIpc) is 2.28. The number of nitrogens with one attached hydrogen (secondary N) is 1. The Labute approximate surface area is 93.0 Å². The highest BCUT2D eigenvalue weighted by molar-refractivity contribution is 5.77. The molecule has 0 heterocycles. The van der Waals surface area contributed by atoms with Crippen molar-refractivity contribution >= 4 is 5.91 Å². The molecule has 0 unspecified atom stereocenters. The molecule has 0 saturated heterocycles. The van der Waals surface area contributed by atoms with Gasteiger partial charge in [-0.3, -0.25) is 4.79 Å². The maximum atomic E-state index is 13.1. The molecule has 0 aliphatic heterocycles. The highest BCUT2D eigenvalue weighted by Crippen LogP contribution is 2.14. The molecule has 0 spiro atoms. The average molecular weight is 227 g/mol. The summed E-state index contributed by atoms with van der Waals surface area (Å²) < 4.78 is 18.0. The number of amides is 1. The second-order valence-electron chi connectivity index (χ2n) is 3.37. The Morgan fingerprint density at radius 1 is 1.56 bits per heavy atom. The van der Waals surface area contributed by atoms with E-state index in [4.69, 9.17) is 9.84 Å². The van der Waals surface area contributed by atoms with E-state index in [1.807, 2.05) is 0 Å². The largest absolute Gasteiger partial charge is 0.481 e. The zero-order valence-corrected chi connectivity index (χ0v) is 8.94. The lowest BCUT2D eigenvalue weighted by atomic mass is 10.3. The van der Waals surface area contributed by atoms with Crippen LogP contribution in [0.25, 0.3) is 0 Å². The fourth-order valence-electron chi connectivity index (χ4n) is 1.07. The first kappa shape index (κ1) is 12.4. The molecule has 0 fully saturated rings. The smallest absolute Gasteiger partial charge is 0.258 e. The molecule has 1 aromatic carbocycles. The van der Waals surface area contributed by atoms with Gasteiger partial charge in [0.15, 0.2) is 18.2 Å². The van der Waals surface area contributed by atoms with E-state index in [-0.39, 0.29) is 25.0 Å². The van der Waals surface area contributed by atoms with Crippen molar-refractivity contribution in [2.24, 2.45) is 0 Å². The van der Waals surface area contributed by atoms with Gasteiger partial charge in [0, 0.05) is 6.04 Å². The Kier molecular flexibility index (Phi) is 4.72. The summed E-state index contributed by atoms with van der Waals surface area (Å²) in [6.45, 7) is 1.23. The second kappa shape index (κ2) is 6.07. The number of aliphatic hydroxyl groups is 1. The highest BCUT2D eigenvalue weighted by atomic mass is 19.1. The van der Waals surface area contributed by atoms with E-state index >= 15 is 0 Å². The first-order chi connectivity index (χ1) is 7.63. The van der Waals surface area contributed by atoms with E-state index in [0.717, 1.165) is 0 Å². The standard InChI is InChI=1S/C11H14FNO3/c1-8(6-14)13-11(15)7-16-10-5-3-2-4-9(10)12/h2-5,8,14H,6-7H2,1H3,(H,13,15)/t8-/m1/s1. The van der Waals surface area contributed by atoms with Gasteiger partial charge in [0.2, 0.25) is 0 Å². The van der Waals surface area contributed by atoms with Crippen molar-refractivity contribution in [2.45, 2.75) is 13.0 Å². The molecule has 0 aliphatic rings. The van der Waals surface area contributed by atoms with E-state index in [1.165, 1.54) is 18.2 Å². The van der Waals surface area contributed by atoms with Crippen LogP contribution in [0.3, 0.4) is 0 Å². The normalized spacial score (nSPS) is 11.9. The van der Waals surface area contributed by atoms with E-state index < -0.39 is 11.7 Å². The third-order valence-electron chi connectivity index (χ3n) is 1.88. The molecule has 1 amide bonds. The van der Waals surface area contributed by atoms with Gasteiger partial charge in [0.25, 0.3) is 5.91 Å². The monoisotopic (exact) mass is 227 g/mol. The number of ether oxygens (including phenoxy) is 1. The van der Waals surface area contributed by atoms with Crippen LogP contribution in [0.5, 0.6) is 5.75 Å². The van der Waals surface area contributed by atoms with Gasteiger partial charge in [0.1, 0.15) is 0 Å². The molecular formula is C11H14FNO3. The molecule has 0 bridgehead atoms. The van der Waals surface area contributed by atoms with Crippen LogP contribution >= 0.6 is 0 Å². The van der Waals surface area contributed by atoms with Gasteiger partial charge in [-0.05, 0) is 19.1 Å². The SMILES string of the molecule is C[C@H](CO)NC(=O)COc1ccccc1F. The molecule has 5 heteroatoms. The zero-order valence-electron chi connectivity index (χ0n) is 8.94. The molecule has 0 aromatic heterocycles. The molecule has 0 radical (unpaired) electrons. The summed E-state index contributed by atoms with van der Waals surface area (Å²) in [4.78, 5) is 11.2. The molecule has 4 nitrogen and oxygen atoms in total. The number of benzene rings is 1. The van der Waals surface area contributed by atoms with E-state index in [0.29, 0.717) is 0 Å². The second-order valence-corrected chi connectivity index (χ2v) is 3.37. The fourth-order valence-corrected chi connectivity index (χ4v) is 1.07. The minimum atomic E-state index is -0.509. The number of rotatable bonds is 5. The summed E-state index contributed by atoms with van der Waals surface area (Å²) in [5, 5.41) is 11.2. The summed E-state index contributed by atoms with van der Waals surface area (Å²) >= 11 is 0. The van der Waals surface area contributed by atoms with Crippen LogP contribution in [0.4, 0.5) is 4.39 Å². The Bertz CT molecular complexity index is 357. The molecule has 16 heavy (non-hydrogen) atoms. The van der Waals surface area contributed by atoms with Gasteiger partial charge < -0.3 is 15.2 Å². The Balaban J connectivity index is 2.40. The van der Waals surface area contributed by atoms with Crippen molar-refractivity contribution < 1.29 is 19.0 Å². The van der Waals surface area contributed by atoms with Crippen LogP contribution in [0, 0.1) is 5.82 Å². The van der Waals surface area contributed by atoms with Crippen molar-refractivity contribution in [1.82, 2.24) is 5.32 Å². The number of para-hydroxylation sites is 1. The fraction of sp³-hybridized carbons (Fsp3) is 0.364.